The lowest BCUT2D eigenvalue weighted by molar-refractivity contribution is -0.147. The van der Waals surface area contributed by atoms with Gasteiger partial charge in [0.05, 0.1) is 6.26 Å². The predicted molar refractivity (Wildman–Crippen MR) is 129 cm³/mol. The summed E-state index contributed by atoms with van der Waals surface area (Å²) in [6, 6.07) is 9.79. The Balaban J connectivity index is 1.77. The second-order valence-electron chi connectivity index (χ2n) is 9.87. The van der Waals surface area contributed by atoms with Crippen LogP contribution in [-0.4, -0.2) is 29.5 Å². The third kappa shape index (κ3) is 4.33. The minimum atomic E-state index is -1.42. The largest absolute Gasteiger partial charge is 0.514 e. The van der Waals surface area contributed by atoms with Crippen molar-refractivity contribution in [3.8, 4) is 0 Å². The van der Waals surface area contributed by atoms with Crippen molar-refractivity contribution in [3.05, 3.63) is 72.0 Å². The zero-order valence-corrected chi connectivity index (χ0v) is 20.2. The van der Waals surface area contributed by atoms with Crippen molar-refractivity contribution < 1.29 is 23.9 Å². The lowest BCUT2D eigenvalue weighted by atomic mass is 9.63. The molecule has 0 bridgehead atoms. The van der Waals surface area contributed by atoms with E-state index in [4.69, 9.17) is 9.47 Å². The maximum absolute atomic E-state index is 13.6. The molecule has 1 saturated heterocycles. The molecule has 1 spiro atoms. The van der Waals surface area contributed by atoms with Crippen LogP contribution in [0.5, 0.6) is 0 Å². The van der Waals surface area contributed by atoms with Crippen LogP contribution in [0.15, 0.2) is 66.5 Å². The first-order valence-corrected chi connectivity index (χ1v) is 12.0. The first kappa shape index (κ1) is 24.0. The molecule has 34 heavy (non-hydrogen) atoms. The fourth-order valence-electron chi connectivity index (χ4n) is 5.65. The van der Waals surface area contributed by atoms with Crippen LogP contribution < -0.4 is 5.32 Å². The molecule has 2 heterocycles. The van der Waals surface area contributed by atoms with Crippen molar-refractivity contribution in [2.24, 2.45) is 29.6 Å². The molecule has 0 saturated carbocycles. The quantitative estimate of drug-likeness (QED) is 0.505. The van der Waals surface area contributed by atoms with Gasteiger partial charge in [-0.3, -0.25) is 9.59 Å². The standard InChI is InChI=1S/C28H33NO5/c1-17-9-8-12-22-15-19(3)20(4)24-23(16-21-10-6-5-7-11-21)29-26(31)28(22,24)34-27(32)33-14-13-18(2)25(17)30/h5-8,10-15,17-18,20,22-24H,9,16H2,1-4H3,(H,29,31). The van der Waals surface area contributed by atoms with Crippen LogP contribution in [0.3, 0.4) is 0 Å². The zero-order valence-electron chi connectivity index (χ0n) is 20.2. The number of ketones is 1. The van der Waals surface area contributed by atoms with E-state index in [1.54, 1.807) is 13.0 Å². The van der Waals surface area contributed by atoms with Gasteiger partial charge in [-0.2, -0.15) is 0 Å². The molecule has 1 aromatic rings. The molecule has 6 heteroatoms. The van der Waals surface area contributed by atoms with Gasteiger partial charge in [0.25, 0.3) is 5.91 Å². The number of Topliss-reactive ketones (excluding diaryl/α,β-unsaturated/α-hetero) is 1. The third-order valence-electron chi connectivity index (χ3n) is 7.64. The van der Waals surface area contributed by atoms with Crippen molar-refractivity contribution in [2.45, 2.75) is 52.2 Å². The molecule has 4 rings (SSSR count). The van der Waals surface area contributed by atoms with Crippen molar-refractivity contribution in [3.63, 3.8) is 0 Å². The third-order valence-corrected chi connectivity index (χ3v) is 7.64. The van der Waals surface area contributed by atoms with E-state index in [1.165, 1.54) is 6.26 Å². The lowest BCUT2D eigenvalue weighted by Crippen LogP contribution is -2.56. The van der Waals surface area contributed by atoms with Gasteiger partial charge in [0.2, 0.25) is 5.60 Å². The molecule has 1 fully saturated rings. The Bertz CT molecular complexity index is 1040. The summed E-state index contributed by atoms with van der Waals surface area (Å²) in [7, 11) is 0. The van der Waals surface area contributed by atoms with Gasteiger partial charge in [-0.1, -0.05) is 74.9 Å². The highest BCUT2D eigenvalue weighted by Crippen LogP contribution is 2.50. The number of benzene rings is 1. The highest BCUT2D eigenvalue weighted by Gasteiger charge is 2.64. The number of nitrogens with one attached hydrogen (secondary N) is 1. The molecule has 6 nitrogen and oxygen atoms in total. The van der Waals surface area contributed by atoms with Gasteiger partial charge in [-0.25, -0.2) is 4.79 Å². The maximum atomic E-state index is 13.6. The number of cyclic esters (lactones) is 1. The van der Waals surface area contributed by atoms with E-state index >= 15 is 0 Å². The highest BCUT2D eigenvalue weighted by atomic mass is 16.7. The fraction of sp³-hybridized carbons (Fsp3) is 0.464. The zero-order chi connectivity index (χ0) is 24.5. The monoisotopic (exact) mass is 463 g/mol. The molecule has 1 aliphatic carbocycles. The van der Waals surface area contributed by atoms with Crippen LogP contribution in [0.25, 0.3) is 0 Å². The topological polar surface area (TPSA) is 81.7 Å². The molecule has 0 aromatic heterocycles. The summed E-state index contributed by atoms with van der Waals surface area (Å²) in [5.41, 5.74) is 0.823. The Labute approximate surface area is 201 Å². The molecule has 1 amide bonds. The highest BCUT2D eigenvalue weighted by molar-refractivity contribution is 5.92. The molecule has 2 aliphatic heterocycles. The minimum Gasteiger partial charge on any atom is -0.416 e. The van der Waals surface area contributed by atoms with Gasteiger partial charge < -0.3 is 14.8 Å². The van der Waals surface area contributed by atoms with Gasteiger partial charge in [0, 0.05) is 29.7 Å². The molecular formula is C28H33NO5. The Hall–Kier alpha value is -3.15. The molecule has 7 unspecified atom stereocenters. The number of allylic oxidation sites excluding steroid dienone is 3. The van der Waals surface area contributed by atoms with Crippen LogP contribution in [0.4, 0.5) is 4.79 Å². The van der Waals surface area contributed by atoms with Crippen molar-refractivity contribution >= 4 is 17.8 Å². The van der Waals surface area contributed by atoms with Crippen LogP contribution >= 0.6 is 0 Å². The Morgan fingerprint density at radius 2 is 1.79 bits per heavy atom. The van der Waals surface area contributed by atoms with Crippen molar-refractivity contribution in [2.75, 3.05) is 0 Å². The molecule has 180 valence electrons. The van der Waals surface area contributed by atoms with Gasteiger partial charge in [0.1, 0.15) is 5.78 Å². The number of rotatable bonds is 2. The molecule has 1 aromatic carbocycles. The van der Waals surface area contributed by atoms with E-state index < -0.39 is 23.6 Å². The average Bonchev–Trinajstić information content (AvgIpc) is 3.08. The van der Waals surface area contributed by atoms with Crippen LogP contribution in [0, 0.1) is 29.6 Å². The van der Waals surface area contributed by atoms with E-state index in [2.05, 4.69) is 19.2 Å². The van der Waals surface area contributed by atoms with Gasteiger partial charge >= 0.3 is 6.16 Å². The van der Waals surface area contributed by atoms with E-state index in [0.717, 1.165) is 11.1 Å². The van der Waals surface area contributed by atoms with Gasteiger partial charge in [-0.05, 0) is 37.3 Å². The van der Waals surface area contributed by atoms with Crippen molar-refractivity contribution in [1.29, 1.82) is 0 Å². The summed E-state index contributed by atoms with van der Waals surface area (Å²) in [5.74, 6) is -1.57. The van der Waals surface area contributed by atoms with Crippen LogP contribution in [-0.2, 0) is 25.5 Å². The maximum Gasteiger partial charge on any atom is 0.514 e. The summed E-state index contributed by atoms with van der Waals surface area (Å²) in [4.78, 5) is 39.1. The molecule has 3 aliphatic rings. The Kier molecular flexibility index (Phi) is 6.78. The molecule has 0 radical (unpaired) electrons. The van der Waals surface area contributed by atoms with E-state index in [9.17, 15) is 14.4 Å². The first-order valence-electron chi connectivity index (χ1n) is 12.0. The first-order chi connectivity index (χ1) is 16.2. The fourth-order valence-corrected chi connectivity index (χ4v) is 5.65. The second-order valence-corrected chi connectivity index (χ2v) is 9.87. The summed E-state index contributed by atoms with van der Waals surface area (Å²) < 4.78 is 11.2. The number of carbonyl (C=O) groups is 3. The van der Waals surface area contributed by atoms with E-state index in [-0.39, 0.29) is 35.5 Å². The van der Waals surface area contributed by atoms with E-state index in [1.807, 2.05) is 55.5 Å². The summed E-state index contributed by atoms with van der Waals surface area (Å²) in [6.45, 7) is 7.80. The lowest BCUT2D eigenvalue weighted by Gasteiger charge is -2.44. The van der Waals surface area contributed by atoms with Crippen LogP contribution in [0.2, 0.25) is 0 Å². The number of carbonyl (C=O) groups excluding carboxylic acids is 3. The summed E-state index contributed by atoms with van der Waals surface area (Å²) in [6.07, 6.45) is 8.85. The SMILES string of the molecule is CC1=CC2C=CCC(C)C(=O)C(C)C=COC(=O)OC23C(=O)NC(Cc2ccccc2)C3C1C. The Morgan fingerprint density at radius 1 is 1.06 bits per heavy atom. The van der Waals surface area contributed by atoms with Gasteiger partial charge in [0.15, 0.2) is 0 Å². The number of amides is 1. The summed E-state index contributed by atoms with van der Waals surface area (Å²) >= 11 is 0. The van der Waals surface area contributed by atoms with Gasteiger partial charge in [-0.15, -0.1) is 0 Å². The minimum absolute atomic E-state index is 0.0110. The Morgan fingerprint density at radius 3 is 2.53 bits per heavy atom. The molecule has 7 atom stereocenters. The molecule has 1 N–H and O–H groups in total. The number of hydrogen-bond acceptors (Lipinski definition) is 5. The molecular weight excluding hydrogens is 430 g/mol. The normalized spacial score (nSPS) is 36.0. The predicted octanol–water partition coefficient (Wildman–Crippen LogP) is 4.76. The van der Waals surface area contributed by atoms with Crippen LogP contribution in [0.1, 0.15) is 39.7 Å². The second kappa shape index (κ2) is 9.61. The van der Waals surface area contributed by atoms with E-state index in [0.29, 0.717) is 12.8 Å². The summed E-state index contributed by atoms with van der Waals surface area (Å²) in [5, 5.41) is 3.14. The average molecular weight is 464 g/mol. The number of hydrogen-bond donors (Lipinski definition) is 1. The smallest absolute Gasteiger partial charge is 0.416 e. The number of ether oxygens (including phenoxy) is 2. The van der Waals surface area contributed by atoms with Crippen molar-refractivity contribution in [1.82, 2.24) is 5.32 Å².